The maximum absolute atomic E-state index is 5.82. The normalized spacial score (nSPS) is 16.6. The topological polar surface area (TPSA) is 12.0 Å². The molecule has 1 N–H and O–H groups in total. The van der Waals surface area contributed by atoms with E-state index in [4.69, 9.17) is 11.6 Å². The van der Waals surface area contributed by atoms with Gasteiger partial charge in [0.25, 0.3) is 0 Å². The lowest BCUT2D eigenvalue weighted by molar-refractivity contribution is 0.691. The van der Waals surface area contributed by atoms with E-state index >= 15 is 0 Å². The highest BCUT2D eigenvalue weighted by Crippen LogP contribution is 2.22. The van der Waals surface area contributed by atoms with Gasteiger partial charge in [-0.25, -0.2) is 0 Å². The molecule has 0 aromatic carbocycles. The molecule has 1 aliphatic carbocycles. The van der Waals surface area contributed by atoms with Gasteiger partial charge in [0.2, 0.25) is 0 Å². The molecular weight excluding hydrogens is 214 g/mol. The largest absolute Gasteiger partial charge is 0.314 e. The number of hydrogen-bond donors (Lipinski definition) is 1. The van der Waals surface area contributed by atoms with Crippen molar-refractivity contribution in [1.82, 2.24) is 5.32 Å². The summed E-state index contributed by atoms with van der Waals surface area (Å²) in [5.41, 5.74) is 0. The van der Waals surface area contributed by atoms with Crippen LogP contribution < -0.4 is 5.32 Å². The lowest BCUT2D eigenvalue weighted by Gasteiger charge is -1.96. The molecule has 0 bridgehead atoms. The summed E-state index contributed by atoms with van der Waals surface area (Å²) in [6.07, 6.45) is 8.18. The predicted molar refractivity (Wildman–Crippen MR) is 64.0 cm³/mol. The fourth-order valence-corrected chi connectivity index (χ4v) is 2.27. The molecule has 0 aliphatic heterocycles. The summed E-state index contributed by atoms with van der Waals surface area (Å²) in [5, 5.41) is 3.47. The van der Waals surface area contributed by atoms with Crippen molar-refractivity contribution in [1.29, 1.82) is 0 Å². The van der Waals surface area contributed by atoms with E-state index < -0.39 is 0 Å². The molecule has 0 radical (unpaired) electrons. The fraction of sp³-hybridized carbons (Fsp3) is 0.455. The van der Waals surface area contributed by atoms with Crippen molar-refractivity contribution < 1.29 is 0 Å². The molecule has 0 saturated heterocycles. The molecule has 0 amide bonds. The quantitative estimate of drug-likeness (QED) is 0.759. The van der Waals surface area contributed by atoms with Crippen molar-refractivity contribution in [2.75, 3.05) is 6.54 Å². The SMILES string of the molecule is Clc1ccc(C=CCCNC2CC2)s1. The van der Waals surface area contributed by atoms with Crippen LogP contribution in [0.25, 0.3) is 6.08 Å². The maximum atomic E-state index is 5.82. The number of halogens is 1. The van der Waals surface area contributed by atoms with Crippen molar-refractivity contribution in [3.8, 4) is 0 Å². The molecule has 0 atom stereocenters. The molecule has 1 fully saturated rings. The molecule has 1 saturated carbocycles. The molecule has 2 rings (SSSR count). The van der Waals surface area contributed by atoms with Crippen LogP contribution in [0.1, 0.15) is 24.1 Å². The molecule has 1 heterocycles. The monoisotopic (exact) mass is 227 g/mol. The zero-order valence-electron chi connectivity index (χ0n) is 8.00. The summed E-state index contributed by atoms with van der Waals surface area (Å²) >= 11 is 7.45. The third-order valence-corrected chi connectivity index (χ3v) is 3.39. The smallest absolute Gasteiger partial charge is 0.0934 e. The Balaban J connectivity index is 1.65. The van der Waals surface area contributed by atoms with Crippen molar-refractivity contribution in [2.24, 2.45) is 0 Å². The van der Waals surface area contributed by atoms with E-state index in [0.29, 0.717) is 0 Å². The number of thiophene rings is 1. The minimum Gasteiger partial charge on any atom is -0.314 e. The molecule has 76 valence electrons. The van der Waals surface area contributed by atoms with Gasteiger partial charge >= 0.3 is 0 Å². The van der Waals surface area contributed by atoms with Crippen LogP contribution in [0.3, 0.4) is 0 Å². The highest BCUT2D eigenvalue weighted by atomic mass is 35.5. The van der Waals surface area contributed by atoms with Crippen molar-refractivity contribution in [3.05, 3.63) is 27.4 Å². The van der Waals surface area contributed by atoms with E-state index in [-0.39, 0.29) is 0 Å². The summed E-state index contributed by atoms with van der Waals surface area (Å²) in [4.78, 5) is 1.24. The molecule has 1 nitrogen and oxygen atoms in total. The van der Waals surface area contributed by atoms with Crippen LogP contribution in [-0.4, -0.2) is 12.6 Å². The number of nitrogens with one attached hydrogen (secondary N) is 1. The summed E-state index contributed by atoms with van der Waals surface area (Å²) in [6, 6.07) is 4.81. The second-order valence-corrected chi connectivity index (χ2v) is 5.31. The molecule has 0 unspecified atom stereocenters. The first-order valence-electron chi connectivity index (χ1n) is 5.00. The summed E-state index contributed by atoms with van der Waals surface area (Å²) in [7, 11) is 0. The number of rotatable bonds is 5. The van der Waals surface area contributed by atoms with Crippen molar-refractivity contribution >= 4 is 29.0 Å². The van der Waals surface area contributed by atoms with E-state index in [1.807, 2.05) is 6.07 Å². The Bertz CT molecular complexity index is 315. The van der Waals surface area contributed by atoms with Crippen LogP contribution in [-0.2, 0) is 0 Å². The Kier molecular flexibility index (Phi) is 3.62. The molecular formula is C11H14ClNS. The summed E-state index contributed by atoms with van der Waals surface area (Å²) in [5.74, 6) is 0. The van der Waals surface area contributed by atoms with Gasteiger partial charge in [0.15, 0.2) is 0 Å². The van der Waals surface area contributed by atoms with E-state index in [9.17, 15) is 0 Å². The Morgan fingerprint density at radius 2 is 2.36 bits per heavy atom. The number of hydrogen-bond acceptors (Lipinski definition) is 2. The third kappa shape index (κ3) is 3.45. The van der Waals surface area contributed by atoms with Gasteiger partial charge in [-0.05, 0) is 44.0 Å². The van der Waals surface area contributed by atoms with E-state index in [2.05, 4.69) is 23.5 Å². The lowest BCUT2D eigenvalue weighted by Crippen LogP contribution is -2.16. The van der Waals surface area contributed by atoms with Crippen molar-refractivity contribution in [3.63, 3.8) is 0 Å². The van der Waals surface area contributed by atoms with Crippen LogP contribution in [0.2, 0.25) is 4.34 Å². The van der Waals surface area contributed by atoms with Crippen LogP contribution in [0.15, 0.2) is 18.2 Å². The second-order valence-electron chi connectivity index (χ2n) is 3.56. The Hall–Kier alpha value is -0.310. The first-order chi connectivity index (χ1) is 6.84. The standard InChI is InChI=1S/C11H14ClNS/c12-11-7-6-10(14-11)3-1-2-8-13-9-4-5-9/h1,3,6-7,9,13H,2,4-5,8H2. The molecule has 0 spiro atoms. The van der Waals surface area contributed by atoms with Gasteiger partial charge < -0.3 is 5.32 Å². The Labute approximate surface area is 93.8 Å². The average Bonchev–Trinajstić information content (AvgIpc) is 2.89. The maximum Gasteiger partial charge on any atom is 0.0934 e. The molecule has 1 aromatic rings. The van der Waals surface area contributed by atoms with Crippen LogP contribution in [0.5, 0.6) is 0 Å². The van der Waals surface area contributed by atoms with Gasteiger partial charge in [-0.15, -0.1) is 11.3 Å². The first-order valence-corrected chi connectivity index (χ1v) is 6.19. The summed E-state index contributed by atoms with van der Waals surface area (Å²) < 4.78 is 0.862. The lowest BCUT2D eigenvalue weighted by atomic mass is 10.3. The van der Waals surface area contributed by atoms with Gasteiger partial charge in [0, 0.05) is 10.9 Å². The minimum atomic E-state index is 0.819. The minimum absolute atomic E-state index is 0.819. The molecule has 1 aromatic heterocycles. The van der Waals surface area contributed by atoms with Crippen LogP contribution in [0.4, 0.5) is 0 Å². The van der Waals surface area contributed by atoms with Gasteiger partial charge in [-0.1, -0.05) is 17.7 Å². The zero-order chi connectivity index (χ0) is 9.80. The molecule has 14 heavy (non-hydrogen) atoms. The second kappa shape index (κ2) is 4.96. The molecule has 3 heteroatoms. The fourth-order valence-electron chi connectivity index (χ4n) is 1.28. The zero-order valence-corrected chi connectivity index (χ0v) is 9.57. The van der Waals surface area contributed by atoms with Gasteiger partial charge in [0.05, 0.1) is 4.34 Å². The highest BCUT2D eigenvalue weighted by molar-refractivity contribution is 7.16. The van der Waals surface area contributed by atoms with Gasteiger partial charge in [-0.2, -0.15) is 0 Å². The Morgan fingerprint density at radius 3 is 3.00 bits per heavy atom. The van der Waals surface area contributed by atoms with E-state index in [0.717, 1.165) is 23.3 Å². The van der Waals surface area contributed by atoms with Crippen molar-refractivity contribution in [2.45, 2.75) is 25.3 Å². The third-order valence-electron chi connectivity index (χ3n) is 2.20. The van der Waals surface area contributed by atoms with E-state index in [1.54, 1.807) is 11.3 Å². The average molecular weight is 228 g/mol. The Morgan fingerprint density at radius 1 is 1.50 bits per heavy atom. The predicted octanol–water partition coefficient (Wildman–Crippen LogP) is 3.56. The van der Waals surface area contributed by atoms with E-state index in [1.165, 1.54) is 17.7 Å². The molecule has 1 aliphatic rings. The van der Waals surface area contributed by atoms with Gasteiger partial charge in [-0.3, -0.25) is 0 Å². The van der Waals surface area contributed by atoms with Crippen LogP contribution in [0, 0.1) is 0 Å². The summed E-state index contributed by atoms with van der Waals surface area (Å²) in [6.45, 7) is 1.10. The highest BCUT2D eigenvalue weighted by Gasteiger charge is 2.19. The van der Waals surface area contributed by atoms with Gasteiger partial charge in [0.1, 0.15) is 0 Å². The van der Waals surface area contributed by atoms with Crippen LogP contribution >= 0.6 is 22.9 Å². The first kappa shape index (κ1) is 10.2.